The Labute approximate surface area is 215 Å². The summed E-state index contributed by atoms with van der Waals surface area (Å²) < 4.78 is 59.9. The summed E-state index contributed by atoms with van der Waals surface area (Å²) in [5.74, 6) is -0.499. The fraction of sp³-hybridized carbons (Fsp3) is 0.148. The molecule has 0 bridgehead atoms. The van der Waals surface area contributed by atoms with Crippen LogP contribution in [0.2, 0.25) is 0 Å². The molecule has 1 aliphatic heterocycles. The van der Waals surface area contributed by atoms with E-state index in [0.717, 1.165) is 17.2 Å². The van der Waals surface area contributed by atoms with Crippen molar-refractivity contribution in [2.75, 3.05) is 14.8 Å². The largest absolute Gasteiger partial charge is 0.320 e. The van der Waals surface area contributed by atoms with Gasteiger partial charge in [0.15, 0.2) is 0 Å². The normalized spacial score (nSPS) is 13.0. The zero-order chi connectivity index (χ0) is 26.7. The van der Waals surface area contributed by atoms with Crippen LogP contribution in [-0.4, -0.2) is 22.7 Å². The quantitative estimate of drug-likeness (QED) is 0.312. The molecule has 0 aliphatic carbocycles. The van der Waals surface area contributed by atoms with Crippen molar-refractivity contribution in [3.8, 4) is 0 Å². The molecular weight excluding hydrogens is 510 g/mol. The molecular formula is C27H25N3O5S2. The minimum Gasteiger partial charge on any atom is -0.320 e. The van der Waals surface area contributed by atoms with Gasteiger partial charge in [0, 0.05) is 16.3 Å². The first-order chi connectivity index (χ1) is 17.4. The molecule has 1 aliphatic rings. The fourth-order valence-electron chi connectivity index (χ4n) is 4.44. The van der Waals surface area contributed by atoms with Crippen molar-refractivity contribution in [1.82, 2.24) is 0 Å². The van der Waals surface area contributed by atoms with E-state index in [2.05, 4.69) is 14.8 Å². The fourth-order valence-corrected chi connectivity index (χ4v) is 7.18. The standard InChI is InChI=1S/C27H25N3O5S2/c1-15-8-10-17(3)21(12-15)29-36(32,33)23-14-24(26-25-19(23)6-5-7-20(25)27(31)28-26)37(34,35)30-22-13-16(2)9-11-18(22)4/h5-14,29-30H,1-4H3,(H,28,31). The van der Waals surface area contributed by atoms with E-state index in [4.69, 9.17) is 0 Å². The Morgan fingerprint density at radius 1 is 0.676 bits per heavy atom. The number of carbonyl (C=O) groups excluding carboxylic acids is 1. The van der Waals surface area contributed by atoms with Crippen LogP contribution >= 0.6 is 0 Å². The number of sulfonamides is 2. The molecule has 37 heavy (non-hydrogen) atoms. The number of hydrogen-bond acceptors (Lipinski definition) is 5. The Morgan fingerprint density at radius 3 is 1.78 bits per heavy atom. The predicted molar refractivity (Wildman–Crippen MR) is 145 cm³/mol. The first-order valence-corrected chi connectivity index (χ1v) is 14.5. The molecule has 0 atom stereocenters. The summed E-state index contributed by atoms with van der Waals surface area (Å²) in [6.45, 7) is 7.22. The summed E-state index contributed by atoms with van der Waals surface area (Å²) in [5.41, 5.74) is 4.13. The third-order valence-electron chi connectivity index (χ3n) is 6.43. The molecule has 190 valence electrons. The molecule has 3 N–H and O–H groups in total. The highest BCUT2D eigenvalue weighted by Crippen LogP contribution is 2.42. The third kappa shape index (κ3) is 4.32. The van der Waals surface area contributed by atoms with Crippen molar-refractivity contribution < 1.29 is 21.6 Å². The second-order valence-corrected chi connectivity index (χ2v) is 12.6. The van der Waals surface area contributed by atoms with Crippen molar-refractivity contribution in [1.29, 1.82) is 0 Å². The van der Waals surface area contributed by atoms with Crippen LogP contribution < -0.4 is 14.8 Å². The maximum Gasteiger partial charge on any atom is 0.264 e. The molecule has 0 saturated carbocycles. The second kappa shape index (κ2) is 8.60. The summed E-state index contributed by atoms with van der Waals surface area (Å²) in [5, 5.41) is 3.12. The van der Waals surface area contributed by atoms with E-state index in [-0.39, 0.29) is 31.8 Å². The van der Waals surface area contributed by atoms with Gasteiger partial charge in [-0.3, -0.25) is 14.2 Å². The highest BCUT2D eigenvalue weighted by molar-refractivity contribution is 7.93. The number of carbonyl (C=O) groups is 1. The molecule has 0 spiro atoms. The minimum absolute atomic E-state index is 0.0547. The van der Waals surface area contributed by atoms with E-state index in [9.17, 15) is 21.6 Å². The molecule has 0 fully saturated rings. The van der Waals surface area contributed by atoms with Crippen molar-refractivity contribution in [2.45, 2.75) is 37.5 Å². The van der Waals surface area contributed by atoms with Gasteiger partial charge in [0.1, 0.15) is 4.90 Å². The van der Waals surface area contributed by atoms with Crippen LogP contribution in [0.3, 0.4) is 0 Å². The number of hydrogen-bond donors (Lipinski definition) is 3. The molecule has 1 heterocycles. The number of anilines is 3. The van der Waals surface area contributed by atoms with E-state index in [1.807, 2.05) is 26.0 Å². The summed E-state index contributed by atoms with van der Waals surface area (Å²) >= 11 is 0. The van der Waals surface area contributed by atoms with Crippen LogP contribution in [0.1, 0.15) is 32.6 Å². The molecule has 0 saturated heterocycles. The van der Waals surface area contributed by atoms with Gasteiger partial charge in [-0.15, -0.1) is 0 Å². The van der Waals surface area contributed by atoms with Gasteiger partial charge in [-0.05, 0) is 74.2 Å². The molecule has 5 rings (SSSR count). The zero-order valence-corrected chi connectivity index (χ0v) is 22.3. The van der Waals surface area contributed by atoms with Gasteiger partial charge in [-0.1, -0.05) is 36.4 Å². The minimum atomic E-state index is -4.30. The van der Waals surface area contributed by atoms with Crippen LogP contribution in [0.25, 0.3) is 10.8 Å². The summed E-state index contributed by atoms with van der Waals surface area (Å²) in [6.07, 6.45) is 0. The highest BCUT2D eigenvalue weighted by atomic mass is 32.2. The Bertz CT molecular complexity index is 1850. The lowest BCUT2D eigenvalue weighted by atomic mass is 10.1. The first kappa shape index (κ1) is 24.8. The first-order valence-electron chi connectivity index (χ1n) is 11.5. The van der Waals surface area contributed by atoms with Gasteiger partial charge in [0.05, 0.1) is 22.0 Å². The van der Waals surface area contributed by atoms with Crippen molar-refractivity contribution in [3.63, 3.8) is 0 Å². The summed E-state index contributed by atoms with van der Waals surface area (Å²) in [6, 6.07) is 16.5. The van der Waals surface area contributed by atoms with E-state index in [0.29, 0.717) is 22.5 Å². The Hall–Kier alpha value is -3.89. The molecule has 0 radical (unpaired) electrons. The van der Waals surface area contributed by atoms with E-state index >= 15 is 0 Å². The molecule has 4 aromatic carbocycles. The average Bonchev–Trinajstić information content (AvgIpc) is 3.16. The lowest BCUT2D eigenvalue weighted by molar-refractivity contribution is 0.103. The SMILES string of the molecule is Cc1ccc(C)c(NS(=O)(=O)c2cc(S(=O)(=O)Nc3cc(C)ccc3C)c3cccc4c3c2NC4=O)c1. The van der Waals surface area contributed by atoms with Crippen LogP contribution in [0.5, 0.6) is 0 Å². The molecule has 1 amide bonds. The Balaban J connectivity index is 1.74. The smallest absolute Gasteiger partial charge is 0.264 e. The van der Waals surface area contributed by atoms with Crippen LogP contribution in [0.15, 0.2) is 70.5 Å². The Kier molecular flexibility index (Phi) is 5.76. The monoisotopic (exact) mass is 535 g/mol. The van der Waals surface area contributed by atoms with Gasteiger partial charge in [0.25, 0.3) is 26.0 Å². The Morgan fingerprint density at radius 2 is 1.22 bits per heavy atom. The summed E-state index contributed by atoms with van der Waals surface area (Å²) in [7, 11) is -8.56. The van der Waals surface area contributed by atoms with E-state index in [1.54, 1.807) is 50.2 Å². The van der Waals surface area contributed by atoms with E-state index < -0.39 is 26.0 Å². The topological polar surface area (TPSA) is 121 Å². The van der Waals surface area contributed by atoms with Crippen LogP contribution in [-0.2, 0) is 20.0 Å². The molecule has 0 aromatic heterocycles. The van der Waals surface area contributed by atoms with Gasteiger partial charge >= 0.3 is 0 Å². The zero-order valence-electron chi connectivity index (χ0n) is 20.6. The number of rotatable bonds is 6. The maximum atomic E-state index is 13.7. The number of aryl methyl sites for hydroxylation is 4. The second-order valence-electron chi connectivity index (χ2n) is 9.28. The lowest BCUT2D eigenvalue weighted by Gasteiger charge is -2.17. The van der Waals surface area contributed by atoms with Crippen molar-refractivity contribution in [2.24, 2.45) is 0 Å². The third-order valence-corrected chi connectivity index (χ3v) is 9.22. The van der Waals surface area contributed by atoms with Gasteiger partial charge < -0.3 is 5.32 Å². The van der Waals surface area contributed by atoms with Crippen LogP contribution in [0.4, 0.5) is 17.1 Å². The lowest BCUT2D eigenvalue weighted by Crippen LogP contribution is -2.19. The van der Waals surface area contributed by atoms with Gasteiger partial charge in [-0.25, -0.2) is 16.8 Å². The molecule has 10 heteroatoms. The van der Waals surface area contributed by atoms with Crippen molar-refractivity contribution >= 4 is 53.8 Å². The summed E-state index contributed by atoms with van der Waals surface area (Å²) in [4.78, 5) is 12.1. The van der Waals surface area contributed by atoms with Crippen LogP contribution in [0, 0.1) is 27.7 Å². The van der Waals surface area contributed by atoms with Crippen molar-refractivity contribution in [3.05, 3.63) is 88.5 Å². The molecule has 8 nitrogen and oxygen atoms in total. The van der Waals surface area contributed by atoms with E-state index in [1.165, 1.54) is 6.07 Å². The predicted octanol–water partition coefficient (Wildman–Crippen LogP) is 5.24. The van der Waals surface area contributed by atoms with Gasteiger partial charge in [-0.2, -0.15) is 0 Å². The molecule has 0 unspecified atom stereocenters. The number of benzene rings is 4. The van der Waals surface area contributed by atoms with Gasteiger partial charge in [0.2, 0.25) is 0 Å². The average molecular weight is 536 g/mol. The highest BCUT2D eigenvalue weighted by Gasteiger charge is 2.34. The maximum absolute atomic E-state index is 13.7. The number of amides is 1. The molecule has 4 aromatic rings. The number of nitrogens with one attached hydrogen (secondary N) is 3.